The van der Waals surface area contributed by atoms with Crippen molar-refractivity contribution >= 4 is 10.8 Å². The van der Waals surface area contributed by atoms with E-state index in [1.807, 2.05) is 0 Å². The predicted molar refractivity (Wildman–Crippen MR) is 78.2 cm³/mol. The highest BCUT2D eigenvalue weighted by atomic mass is 15.1. The molecule has 0 N–H and O–H groups in total. The molecular formula is C17H21N. The summed E-state index contributed by atoms with van der Waals surface area (Å²) in [5, 5.41) is 2.85. The zero-order chi connectivity index (χ0) is 12.5. The summed E-state index contributed by atoms with van der Waals surface area (Å²) in [7, 11) is 2.23. The maximum absolute atomic E-state index is 2.44. The van der Waals surface area contributed by atoms with Crippen LogP contribution in [0.1, 0.15) is 29.9 Å². The monoisotopic (exact) mass is 239 g/mol. The van der Waals surface area contributed by atoms with Gasteiger partial charge in [0.15, 0.2) is 0 Å². The average Bonchev–Trinajstić information content (AvgIpc) is 2.39. The minimum Gasteiger partial charge on any atom is -0.306 e. The van der Waals surface area contributed by atoms with Gasteiger partial charge in [-0.15, -0.1) is 0 Å². The Labute approximate surface area is 109 Å². The molecule has 1 aliphatic rings. The number of nitrogens with zero attached hydrogens (tertiary/aromatic N) is 1. The van der Waals surface area contributed by atoms with Crippen LogP contribution < -0.4 is 0 Å². The van der Waals surface area contributed by atoms with Crippen molar-refractivity contribution in [3.05, 3.63) is 47.5 Å². The molecule has 1 fully saturated rings. The number of piperidine rings is 1. The fraction of sp³-hybridized carbons (Fsp3) is 0.412. The second-order valence-corrected chi connectivity index (χ2v) is 5.65. The van der Waals surface area contributed by atoms with Gasteiger partial charge in [-0.05, 0) is 62.2 Å². The highest BCUT2D eigenvalue weighted by molar-refractivity contribution is 5.86. The molecule has 0 saturated carbocycles. The van der Waals surface area contributed by atoms with Crippen LogP contribution in [0.3, 0.4) is 0 Å². The van der Waals surface area contributed by atoms with E-state index in [2.05, 4.69) is 55.3 Å². The van der Waals surface area contributed by atoms with Crippen molar-refractivity contribution in [3.8, 4) is 0 Å². The van der Waals surface area contributed by atoms with Gasteiger partial charge in [0.2, 0.25) is 0 Å². The van der Waals surface area contributed by atoms with Gasteiger partial charge in [0.25, 0.3) is 0 Å². The smallest absolute Gasteiger partial charge is 0.00159 e. The van der Waals surface area contributed by atoms with Gasteiger partial charge in [0, 0.05) is 0 Å². The van der Waals surface area contributed by atoms with Gasteiger partial charge in [0.05, 0.1) is 0 Å². The van der Waals surface area contributed by atoms with Crippen molar-refractivity contribution in [1.82, 2.24) is 4.90 Å². The second-order valence-electron chi connectivity index (χ2n) is 5.65. The quantitative estimate of drug-likeness (QED) is 0.728. The number of hydrogen-bond acceptors (Lipinski definition) is 1. The largest absolute Gasteiger partial charge is 0.306 e. The van der Waals surface area contributed by atoms with Crippen LogP contribution in [0, 0.1) is 6.92 Å². The Hall–Kier alpha value is -1.34. The Balaban J connectivity index is 2.03. The molecule has 0 bridgehead atoms. The third-order valence-electron chi connectivity index (χ3n) is 4.23. The third kappa shape index (κ3) is 2.15. The molecule has 1 saturated heterocycles. The van der Waals surface area contributed by atoms with Crippen LogP contribution in [0.2, 0.25) is 0 Å². The molecule has 94 valence electrons. The molecule has 3 rings (SSSR count). The van der Waals surface area contributed by atoms with Gasteiger partial charge in [-0.2, -0.15) is 0 Å². The van der Waals surface area contributed by atoms with E-state index in [0.717, 1.165) is 5.92 Å². The lowest BCUT2D eigenvalue weighted by Gasteiger charge is -2.30. The molecule has 0 amide bonds. The fourth-order valence-electron chi connectivity index (χ4n) is 3.09. The summed E-state index contributed by atoms with van der Waals surface area (Å²) < 4.78 is 0. The highest BCUT2D eigenvalue weighted by Crippen LogP contribution is 2.33. The summed E-state index contributed by atoms with van der Waals surface area (Å²) in [5.41, 5.74) is 2.92. The van der Waals surface area contributed by atoms with Gasteiger partial charge in [-0.3, -0.25) is 0 Å². The first-order chi connectivity index (χ1) is 8.74. The van der Waals surface area contributed by atoms with Crippen LogP contribution >= 0.6 is 0 Å². The van der Waals surface area contributed by atoms with E-state index in [4.69, 9.17) is 0 Å². The van der Waals surface area contributed by atoms with Crippen LogP contribution in [-0.4, -0.2) is 25.0 Å². The zero-order valence-electron chi connectivity index (χ0n) is 11.3. The van der Waals surface area contributed by atoms with E-state index in [0.29, 0.717) is 0 Å². The second kappa shape index (κ2) is 4.74. The van der Waals surface area contributed by atoms with Gasteiger partial charge >= 0.3 is 0 Å². The van der Waals surface area contributed by atoms with Gasteiger partial charge < -0.3 is 4.90 Å². The normalized spacial score (nSPS) is 18.3. The molecule has 1 aliphatic heterocycles. The van der Waals surface area contributed by atoms with E-state index in [-0.39, 0.29) is 0 Å². The molecule has 2 aromatic carbocycles. The molecule has 18 heavy (non-hydrogen) atoms. The number of hydrogen-bond donors (Lipinski definition) is 0. The summed E-state index contributed by atoms with van der Waals surface area (Å²) in [5.74, 6) is 0.742. The van der Waals surface area contributed by atoms with Crippen LogP contribution in [0.25, 0.3) is 10.8 Å². The maximum atomic E-state index is 2.44. The summed E-state index contributed by atoms with van der Waals surface area (Å²) in [6.45, 7) is 4.64. The summed E-state index contributed by atoms with van der Waals surface area (Å²) in [6, 6.07) is 13.6. The summed E-state index contributed by atoms with van der Waals surface area (Å²) >= 11 is 0. The molecular weight excluding hydrogens is 218 g/mol. The molecule has 0 atom stereocenters. The Morgan fingerprint density at radius 3 is 2.61 bits per heavy atom. The first kappa shape index (κ1) is 11.7. The first-order valence-electron chi connectivity index (χ1n) is 6.92. The standard InChI is InChI=1S/C17H21N/c1-13-6-7-14-4-3-5-16(17(14)12-13)15-8-10-18(2)11-9-15/h3-7,12,15H,8-11H2,1-2H3. The van der Waals surface area contributed by atoms with Crippen LogP contribution in [0.15, 0.2) is 36.4 Å². The molecule has 0 unspecified atom stereocenters. The number of aryl methyl sites for hydroxylation is 1. The predicted octanol–water partition coefficient (Wildman–Crippen LogP) is 3.96. The molecule has 1 heterocycles. The summed E-state index contributed by atoms with van der Waals surface area (Å²) in [4.78, 5) is 2.44. The van der Waals surface area contributed by atoms with Crippen LogP contribution in [0.4, 0.5) is 0 Å². The van der Waals surface area contributed by atoms with Crippen molar-refractivity contribution in [2.24, 2.45) is 0 Å². The Bertz CT molecular complexity index is 551. The van der Waals surface area contributed by atoms with Crippen molar-refractivity contribution in [2.75, 3.05) is 20.1 Å². The number of rotatable bonds is 1. The average molecular weight is 239 g/mol. The maximum Gasteiger partial charge on any atom is -0.00159 e. The summed E-state index contributed by atoms with van der Waals surface area (Å²) in [6.07, 6.45) is 2.59. The van der Waals surface area contributed by atoms with Crippen LogP contribution in [0.5, 0.6) is 0 Å². The van der Waals surface area contributed by atoms with Crippen molar-refractivity contribution in [1.29, 1.82) is 0 Å². The highest BCUT2D eigenvalue weighted by Gasteiger charge is 2.19. The lowest BCUT2D eigenvalue weighted by Crippen LogP contribution is -2.29. The molecule has 0 aromatic heterocycles. The van der Waals surface area contributed by atoms with Crippen molar-refractivity contribution in [3.63, 3.8) is 0 Å². The van der Waals surface area contributed by atoms with Gasteiger partial charge in [-0.25, -0.2) is 0 Å². The minimum atomic E-state index is 0.742. The number of likely N-dealkylation sites (tertiary alicyclic amines) is 1. The molecule has 1 heteroatoms. The Morgan fingerprint density at radius 1 is 1.06 bits per heavy atom. The molecule has 0 aliphatic carbocycles. The van der Waals surface area contributed by atoms with Crippen LogP contribution in [-0.2, 0) is 0 Å². The minimum absolute atomic E-state index is 0.742. The molecule has 1 nitrogen and oxygen atoms in total. The SMILES string of the molecule is Cc1ccc2cccc(C3CCN(C)CC3)c2c1. The van der Waals surface area contributed by atoms with Crippen molar-refractivity contribution in [2.45, 2.75) is 25.7 Å². The molecule has 2 aromatic rings. The van der Waals surface area contributed by atoms with E-state index >= 15 is 0 Å². The third-order valence-corrected chi connectivity index (χ3v) is 4.23. The van der Waals surface area contributed by atoms with E-state index < -0.39 is 0 Å². The Morgan fingerprint density at radius 2 is 1.83 bits per heavy atom. The molecule has 0 spiro atoms. The van der Waals surface area contributed by atoms with Crippen molar-refractivity contribution < 1.29 is 0 Å². The topological polar surface area (TPSA) is 3.24 Å². The Kier molecular flexibility index (Phi) is 3.09. The zero-order valence-corrected chi connectivity index (χ0v) is 11.3. The van der Waals surface area contributed by atoms with E-state index in [1.54, 1.807) is 5.56 Å². The molecule has 0 radical (unpaired) electrons. The first-order valence-corrected chi connectivity index (χ1v) is 6.92. The lowest BCUT2D eigenvalue weighted by atomic mass is 9.86. The fourth-order valence-corrected chi connectivity index (χ4v) is 3.09. The number of fused-ring (bicyclic) bond motifs is 1. The van der Waals surface area contributed by atoms with E-state index in [9.17, 15) is 0 Å². The van der Waals surface area contributed by atoms with Gasteiger partial charge in [0.1, 0.15) is 0 Å². The van der Waals surface area contributed by atoms with E-state index in [1.165, 1.54) is 42.3 Å². The number of benzene rings is 2. The van der Waals surface area contributed by atoms with Gasteiger partial charge in [-0.1, -0.05) is 42.0 Å². The lowest BCUT2D eigenvalue weighted by molar-refractivity contribution is 0.256.